The molecule has 2 aromatic carbocycles. The molecule has 29 heavy (non-hydrogen) atoms. The van der Waals surface area contributed by atoms with Crippen LogP contribution in [0.15, 0.2) is 48.5 Å². The van der Waals surface area contributed by atoms with Gasteiger partial charge in [0.2, 0.25) is 5.91 Å². The van der Waals surface area contributed by atoms with Crippen molar-refractivity contribution in [3.8, 4) is 17.0 Å². The average Bonchev–Trinajstić information content (AvgIpc) is 3.04. The Kier molecular flexibility index (Phi) is 5.07. The predicted octanol–water partition coefficient (Wildman–Crippen LogP) is 4.18. The zero-order chi connectivity index (χ0) is 20.5. The summed E-state index contributed by atoms with van der Waals surface area (Å²) in [5, 5.41) is 3.81. The van der Waals surface area contributed by atoms with Crippen LogP contribution in [0.1, 0.15) is 16.8 Å². The van der Waals surface area contributed by atoms with Gasteiger partial charge in [-0.3, -0.25) is 14.5 Å². The summed E-state index contributed by atoms with van der Waals surface area (Å²) in [5.41, 5.74) is 3.05. The third-order valence-corrected chi connectivity index (χ3v) is 5.59. The number of hydrogen-bond acceptors (Lipinski definition) is 5. The van der Waals surface area contributed by atoms with Gasteiger partial charge in [-0.2, -0.15) is 0 Å². The van der Waals surface area contributed by atoms with Gasteiger partial charge in [-0.15, -0.1) is 11.3 Å². The van der Waals surface area contributed by atoms with Crippen LogP contribution < -0.4 is 15.0 Å². The Hall–Kier alpha value is -3.19. The molecule has 0 aliphatic carbocycles. The summed E-state index contributed by atoms with van der Waals surface area (Å²) in [6.07, 6.45) is -0.652. The van der Waals surface area contributed by atoms with Crippen molar-refractivity contribution < 1.29 is 14.3 Å². The van der Waals surface area contributed by atoms with Gasteiger partial charge in [-0.05, 0) is 51.1 Å². The molecule has 0 radical (unpaired) electrons. The molecular weight excluding hydrogens is 386 g/mol. The number of nitrogens with one attached hydrogen (secondary N) is 1. The molecule has 1 unspecified atom stereocenters. The van der Waals surface area contributed by atoms with Crippen molar-refractivity contribution in [2.75, 3.05) is 16.8 Å². The highest BCUT2D eigenvalue weighted by molar-refractivity contribution is 7.11. The SMILES string of the molecule is Cc1nc(-c2ccc3c(c2)N(CC(=O)Nc2ccccc2)C(=O)C(C)O3)c(C)s1. The molecule has 4 rings (SSSR count). The summed E-state index contributed by atoms with van der Waals surface area (Å²) < 4.78 is 5.76. The molecule has 2 amide bonds. The first kappa shape index (κ1) is 19.1. The lowest BCUT2D eigenvalue weighted by Crippen LogP contribution is -2.47. The molecule has 2 heterocycles. The maximum Gasteiger partial charge on any atom is 0.268 e. The minimum atomic E-state index is -0.652. The van der Waals surface area contributed by atoms with E-state index >= 15 is 0 Å². The third kappa shape index (κ3) is 3.86. The number of aryl methyl sites for hydroxylation is 2. The molecule has 1 aliphatic rings. The zero-order valence-corrected chi connectivity index (χ0v) is 17.2. The first-order chi connectivity index (χ1) is 13.9. The Bertz CT molecular complexity index is 1080. The number of thiazole rings is 1. The van der Waals surface area contributed by atoms with Crippen LogP contribution in [-0.2, 0) is 9.59 Å². The molecule has 1 aliphatic heterocycles. The number of hydrogen-bond donors (Lipinski definition) is 1. The molecule has 6 nitrogen and oxygen atoms in total. The van der Waals surface area contributed by atoms with Gasteiger partial charge in [-0.1, -0.05) is 18.2 Å². The first-order valence-corrected chi connectivity index (χ1v) is 10.2. The molecular formula is C22H21N3O3S. The molecule has 0 saturated heterocycles. The molecule has 1 N–H and O–H groups in total. The van der Waals surface area contributed by atoms with Gasteiger partial charge in [0, 0.05) is 16.1 Å². The van der Waals surface area contributed by atoms with Crippen LogP contribution in [0.25, 0.3) is 11.3 Å². The number of carbonyl (C=O) groups excluding carboxylic acids is 2. The summed E-state index contributed by atoms with van der Waals surface area (Å²) in [6, 6.07) is 14.8. The van der Waals surface area contributed by atoms with Gasteiger partial charge >= 0.3 is 0 Å². The fourth-order valence-corrected chi connectivity index (χ4v) is 4.22. The number of ether oxygens (including phenoxy) is 1. The van der Waals surface area contributed by atoms with Crippen LogP contribution in [0.3, 0.4) is 0 Å². The molecule has 1 atom stereocenters. The van der Waals surface area contributed by atoms with E-state index in [-0.39, 0.29) is 18.4 Å². The van der Waals surface area contributed by atoms with Gasteiger partial charge in [0.05, 0.1) is 16.4 Å². The molecule has 3 aromatic rings. The fraction of sp³-hybridized carbons (Fsp3) is 0.227. The number of anilines is 2. The lowest BCUT2D eigenvalue weighted by molar-refractivity contribution is -0.127. The first-order valence-electron chi connectivity index (χ1n) is 9.34. The molecule has 0 saturated carbocycles. The van der Waals surface area contributed by atoms with E-state index in [1.807, 2.05) is 50.2 Å². The molecule has 7 heteroatoms. The topological polar surface area (TPSA) is 71.5 Å². The van der Waals surface area contributed by atoms with Crippen LogP contribution >= 0.6 is 11.3 Å². The van der Waals surface area contributed by atoms with E-state index in [1.54, 1.807) is 30.4 Å². The summed E-state index contributed by atoms with van der Waals surface area (Å²) >= 11 is 1.63. The van der Waals surface area contributed by atoms with E-state index in [0.29, 0.717) is 17.1 Å². The minimum Gasteiger partial charge on any atom is -0.479 e. The van der Waals surface area contributed by atoms with Crippen LogP contribution in [0.5, 0.6) is 5.75 Å². The molecule has 0 spiro atoms. The summed E-state index contributed by atoms with van der Waals surface area (Å²) in [6.45, 7) is 5.59. The van der Waals surface area contributed by atoms with E-state index in [2.05, 4.69) is 10.3 Å². The van der Waals surface area contributed by atoms with E-state index < -0.39 is 6.10 Å². The van der Waals surface area contributed by atoms with Crippen molar-refractivity contribution >= 4 is 34.5 Å². The summed E-state index contributed by atoms with van der Waals surface area (Å²) in [4.78, 5) is 32.6. The van der Waals surface area contributed by atoms with E-state index in [0.717, 1.165) is 21.1 Å². The van der Waals surface area contributed by atoms with Gasteiger partial charge in [0.1, 0.15) is 12.3 Å². The van der Waals surface area contributed by atoms with Crippen molar-refractivity contribution in [1.82, 2.24) is 4.98 Å². The Balaban J connectivity index is 1.66. The molecule has 0 bridgehead atoms. The quantitative estimate of drug-likeness (QED) is 0.704. The number of amides is 2. The average molecular weight is 407 g/mol. The van der Waals surface area contributed by atoms with Crippen LogP contribution in [0.2, 0.25) is 0 Å². The summed E-state index contributed by atoms with van der Waals surface area (Å²) in [5.74, 6) is 0.0673. The van der Waals surface area contributed by atoms with Gasteiger partial charge in [-0.25, -0.2) is 4.98 Å². The lowest BCUT2D eigenvalue weighted by atomic mass is 10.1. The smallest absolute Gasteiger partial charge is 0.268 e. The van der Waals surface area contributed by atoms with Gasteiger partial charge in [0.25, 0.3) is 5.91 Å². The van der Waals surface area contributed by atoms with Crippen LogP contribution in [0.4, 0.5) is 11.4 Å². The van der Waals surface area contributed by atoms with Crippen molar-refractivity contribution in [3.63, 3.8) is 0 Å². The number of benzene rings is 2. The zero-order valence-electron chi connectivity index (χ0n) is 16.4. The maximum atomic E-state index is 12.8. The number of fused-ring (bicyclic) bond motifs is 1. The number of aromatic nitrogens is 1. The van der Waals surface area contributed by atoms with Crippen LogP contribution in [-0.4, -0.2) is 29.4 Å². The summed E-state index contributed by atoms with van der Waals surface area (Å²) in [7, 11) is 0. The monoisotopic (exact) mass is 407 g/mol. The highest BCUT2D eigenvalue weighted by Gasteiger charge is 2.33. The second-order valence-corrected chi connectivity index (χ2v) is 8.33. The maximum absolute atomic E-state index is 12.8. The standard InChI is InChI=1S/C22H21N3O3S/c1-13-22(27)25(12-20(26)24-17-7-5-4-6-8-17)18-11-16(9-10-19(18)28-13)21-14(2)29-15(3)23-21/h4-11,13H,12H2,1-3H3,(H,24,26). The Morgan fingerprint density at radius 2 is 1.97 bits per heavy atom. The van der Waals surface area contributed by atoms with Gasteiger partial charge < -0.3 is 10.1 Å². The molecule has 1 aromatic heterocycles. The predicted molar refractivity (Wildman–Crippen MR) is 115 cm³/mol. The van der Waals surface area contributed by atoms with E-state index in [9.17, 15) is 9.59 Å². The van der Waals surface area contributed by atoms with Crippen molar-refractivity contribution in [1.29, 1.82) is 0 Å². The Morgan fingerprint density at radius 1 is 1.21 bits per heavy atom. The highest BCUT2D eigenvalue weighted by Crippen LogP contribution is 2.38. The normalized spacial score (nSPS) is 15.6. The minimum absolute atomic E-state index is 0.0903. The van der Waals surface area contributed by atoms with Gasteiger partial charge in [0.15, 0.2) is 6.10 Å². The van der Waals surface area contributed by atoms with E-state index in [4.69, 9.17) is 4.74 Å². The van der Waals surface area contributed by atoms with Crippen LogP contribution in [0, 0.1) is 13.8 Å². The Labute approximate surface area is 173 Å². The number of para-hydroxylation sites is 1. The second-order valence-electron chi connectivity index (χ2n) is 6.92. The largest absolute Gasteiger partial charge is 0.479 e. The van der Waals surface area contributed by atoms with Crippen molar-refractivity contribution in [2.24, 2.45) is 0 Å². The molecule has 0 fully saturated rings. The number of carbonyl (C=O) groups is 2. The molecule has 148 valence electrons. The van der Waals surface area contributed by atoms with Crippen molar-refractivity contribution in [2.45, 2.75) is 26.9 Å². The second kappa shape index (κ2) is 7.67. The number of rotatable bonds is 4. The van der Waals surface area contributed by atoms with E-state index in [1.165, 1.54) is 4.90 Å². The van der Waals surface area contributed by atoms with Crippen molar-refractivity contribution in [3.05, 3.63) is 58.4 Å². The number of nitrogens with zero attached hydrogens (tertiary/aromatic N) is 2. The lowest BCUT2D eigenvalue weighted by Gasteiger charge is -2.33. The Morgan fingerprint density at radius 3 is 2.66 bits per heavy atom. The highest BCUT2D eigenvalue weighted by atomic mass is 32.1. The fourth-order valence-electron chi connectivity index (χ4n) is 3.38. The third-order valence-electron chi connectivity index (χ3n) is 4.70.